The van der Waals surface area contributed by atoms with Gasteiger partial charge in [-0.3, -0.25) is 4.79 Å². The fourth-order valence-corrected chi connectivity index (χ4v) is 4.53. The van der Waals surface area contributed by atoms with Gasteiger partial charge in [0.05, 0.1) is 11.1 Å². The molecular formula is C19H20ClN3O3S. The van der Waals surface area contributed by atoms with Gasteiger partial charge in [-0.2, -0.15) is 9.41 Å². The summed E-state index contributed by atoms with van der Waals surface area (Å²) in [7, 11) is -3.51. The van der Waals surface area contributed by atoms with Crippen LogP contribution in [0.1, 0.15) is 18.4 Å². The zero-order chi connectivity index (χ0) is 19.3. The van der Waals surface area contributed by atoms with Crippen LogP contribution in [0.2, 0.25) is 5.02 Å². The minimum absolute atomic E-state index is 0.197. The molecule has 0 aliphatic carbocycles. The lowest BCUT2D eigenvalue weighted by atomic mass is 9.98. The summed E-state index contributed by atoms with van der Waals surface area (Å²) >= 11 is 5.82. The molecule has 0 unspecified atom stereocenters. The van der Waals surface area contributed by atoms with Crippen LogP contribution < -0.4 is 5.43 Å². The van der Waals surface area contributed by atoms with Gasteiger partial charge >= 0.3 is 0 Å². The van der Waals surface area contributed by atoms with Crippen molar-refractivity contribution in [1.82, 2.24) is 9.73 Å². The van der Waals surface area contributed by atoms with Gasteiger partial charge in [-0.05, 0) is 42.7 Å². The molecule has 27 heavy (non-hydrogen) atoms. The minimum Gasteiger partial charge on any atom is -0.273 e. The van der Waals surface area contributed by atoms with Crippen molar-refractivity contribution in [3.05, 3.63) is 65.2 Å². The van der Waals surface area contributed by atoms with E-state index in [2.05, 4.69) is 10.5 Å². The van der Waals surface area contributed by atoms with E-state index < -0.39 is 10.0 Å². The van der Waals surface area contributed by atoms with Gasteiger partial charge in [-0.15, -0.1) is 0 Å². The van der Waals surface area contributed by atoms with Gasteiger partial charge in [0.15, 0.2) is 0 Å². The molecule has 2 aromatic carbocycles. The maximum Gasteiger partial charge on any atom is 0.243 e. The topological polar surface area (TPSA) is 78.8 Å². The Bertz CT molecular complexity index is 907. The fraction of sp³-hybridized carbons (Fsp3) is 0.263. The molecule has 1 fully saturated rings. The summed E-state index contributed by atoms with van der Waals surface area (Å²) in [6.45, 7) is 0.631. The molecule has 0 radical (unpaired) electrons. The summed E-state index contributed by atoms with van der Waals surface area (Å²) in [5, 5.41) is 4.60. The van der Waals surface area contributed by atoms with Gasteiger partial charge in [0.25, 0.3) is 0 Å². The first-order chi connectivity index (χ1) is 13.0. The van der Waals surface area contributed by atoms with Crippen LogP contribution >= 0.6 is 11.6 Å². The fourth-order valence-electron chi connectivity index (χ4n) is 2.91. The molecule has 3 rings (SSSR count). The lowest BCUT2D eigenvalue weighted by Crippen LogP contribution is -2.42. The quantitative estimate of drug-likeness (QED) is 0.613. The number of nitrogens with zero attached hydrogens (tertiary/aromatic N) is 2. The van der Waals surface area contributed by atoms with Crippen molar-refractivity contribution in [3.63, 3.8) is 0 Å². The lowest BCUT2D eigenvalue weighted by molar-refractivity contribution is -0.126. The molecule has 1 aliphatic rings. The summed E-state index contributed by atoms with van der Waals surface area (Å²) in [5.41, 5.74) is 3.35. The summed E-state index contributed by atoms with van der Waals surface area (Å²) < 4.78 is 26.7. The van der Waals surface area contributed by atoms with Gasteiger partial charge in [0, 0.05) is 24.0 Å². The normalized spacial score (nSPS) is 16.5. The Morgan fingerprint density at radius 2 is 1.70 bits per heavy atom. The number of halogens is 1. The maximum atomic E-state index is 12.6. The number of carbonyl (C=O) groups excluding carboxylic acids is 1. The van der Waals surface area contributed by atoms with E-state index in [0.717, 1.165) is 5.56 Å². The van der Waals surface area contributed by atoms with Crippen molar-refractivity contribution in [2.24, 2.45) is 11.0 Å². The van der Waals surface area contributed by atoms with Gasteiger partial charge in [-0.25, -0.2) is 13.8 Å². The molecule has 8 heteroatoms. The van der Waals surface area contributed by atoms with Crippen LogP contribution in [0, 0.1) is 5.92 Å². The van der Waals surface area contributed by atoms with Crippen LogP contribution in [0.25, 0.3) is 0 Å². The number of benzene rings is 2. The molecule has 0 bridgehead atoms. The SMILES string of the molecule is O=C(N/N=C\c1ccc(Cl)cc1)C1CCN(S(=O)(=O)c2ccccc2)CC1. The van der Waals surface area contributed by atoms with Crippen molar-refractivity contribution >= 4 is 33.7 Å². The number of hydrogen-bond donors (Lipinski definition) is 1. The summed E-state index contributed by atoms with van der Waals surface area (Å²) in [6.07, 6.45) is 2.48. The Kier molecular flexibility index (Phi) is 6.26. The monoisotopic (exact) mass is 405 g/mol. The highest BCUT2D eigenvalue weighted by Crippen LogP contribution is 2.23. The van der Waals surface area contributed by atoms with Crippen molar-refractivity contribution in [1.29, 1.82) is 0 Å². The average molecular weight is 406 g/mol. The summed E-state index contributed by atoms with van der Waals surface area (Å²) in [6, 6.07) is 15.4. The first-order valence-corrected chi connectivity index (χ1v) is 10.4. The van der Waals surface area contributed by atoms with E-state index in [1.807, 2.05) is 0 Å². The highest BCUT2D eigenvalue weighted by molar-refractivity contribution is 7.89. The number of nitrogens with one attached hydrogen (secondary N) is 1. The first-order valence-electron chi connectivity index (χ1n) is 8.60. The van der Waals surface area contributed by atoms with Crippen LogP contribution in [-0.2, 0) is 14.8 Å². The predicted molar refractivity (Wildman–Crippen MR) is 105 cm³/mol. The molecule has 0 aromatic heterocycles. The molecule has 1 amide bonds. The Labute approximate surface area is 163 Å². The van der Waals surface area contributed by atoms with E-state index in [4.69, 9.17) is 11.6 Å². The van der Waals surface area contributed by atoms with Crippen molar-refractivity contribution in [3.8, 4) is 0 Å². The molecule has 2 aromatic rings. The highest BCUT2D eigenvalue weighted by Gasteiger charge is 2.31. The molecule has 6 nitrogen and oxygen atoms in total. The third-order valence-corrected chi connectivity index (χ3v) is 6.63. The maximum absolute atomic E-state index is 12.6. The van der Waals surface area contributed by atoms with Gasteiger partial charge in [-0.1, -0.05) is 41.9 Å². The average Bonchev–Trinajstić information content (AvgIpc) is 2.70. The Hall–Kier alpha value is -2.22. The number of hydrazone groups is 1. The number of carbonyl (C=O) groups is 1. The third kappa shape index (κ3) is 4.94. The molecule has 1 aliphatic heterocycles. The second kappa shape index (κ2) is 8.65. The molecule has 142 valence electrons. The number of piperidine rings is 1. The minimum atomic E-state index is -3.51. The van der Waals surface area contributed by atoms with E-state index in [-0.39, 0.29) is 16.7 Å². The van der Waals surface area contributed by atoms with Gasteiger partial charge in [0.2, 0.25) is 15.9 Å². The molecule has 1 saturated heterocycles. The second-order valence-corrected chi connectivity index (χ2v) is 8.65. The van der Waals surface area contributed by atoms with E-state index >= 15 is 0 Å². The zero-order valence-corrected chi connectivity index (χ0v) is 16.2. The van der Waals surface area contributed by atoms with E-state index in [9.17, 15) is 13.2 Å². The lowest BCUT2D eigenvalue weighted by Gasteiger charge is -2.30. The van der Waals surface area contributed by atoms with E-state index in [1.165, 1.54) is 4.31 Å². The third-order valence-electron chi connectivity index (χ3n) is 4.46. The molecular weight excluding hydrogens is 386 g/mol. The van der Waals surface area contributed by atoms with Crippen LogP contribution in [-0.4, -0.2) is 37.9 Å². The molecule has 1 heterocycles. The first kappa shape index (κ1) is 19.5. The number of sulfonamides is 1. The molecule has 0 saturated carbocycles. The summed E-state index contributed by atoms with van der Waals surface area (Å²) in [4.78, 5) is 12.5. The Morgan fingerprint density at radius 3 is 2.33 bits per heavy atom. The molecule has 0 atom stereocenters. The Morgan fingerprint density at radius 1 is 1.07 bits per heavy atom. The van der Waals surface area contributed by atoms with Crippen molar-refractivity contribution in [2.75, 3.05) is 13.1 Å². The van der Waals surface area contributed by atoms with Gasteiger partial charge < -0.3 is 0 Å². The van der Waals surface area contributed by atoms with Crippen molar-refractivity contribution < 1.29 is 13.2 Å². The van der Waals surface area contributed by atoms with E-state index in [1.54, 1.807) is 60.8 Å². The standard InChI is InChI=1S/C19H20ClN3O3S/c20-17-8-6-15(7-9-17)14-21-22-19(24)16-10-12-23(13-11-16)27(25,26)18-4-2-1-3-5-18/h1-9,14,16H,10-13H2,(H,22,24)/b21-14-. The van der Waals surface area contributed by atoms with Crippen LogP contribution in [0.4, 0.5) is 0 Å². The second-order valence-electron chi connectivity index (χ2n) is 6.28. The number of hydrogen-bond acceptors (Lipinski definition) is 4. The molecule has 0 spiro atoms. The summed E-state index contributed by atoms with van der Waals surface area (Å²) in [5.74, 6) is -0.452. The Balaban J connectivity index is 1.53. The largest absolute Gasteiger partial charge is 0.273 e. The van der Waals surface area contributed by atoms with Crippen LogP contribution in [0.5, 0.6) is 0 Å². The zero-order valence-electron chi connectivity index (χ0n) is 14.6. The van der Waals surface area contributed by atoms with Crippen LogP contribution in [0.15, 0.2) is 64.6 Å². The van der Waals surface area contributed by atoms with Crippen LogP contribution in [0.3, 0.4) is 0 Å². The van der Waals surface area contributed by atoms with Crippen molar-refractivity contribution in [2.45, 2.75) is 17.7 Å². The highest BCUT2D eigenvalue weighted by atomic mass is 35.5. The number of rotatable bonds is 5. The number of amides is 1. The molecule has 1 N–H and O–H groups in total. The predicted octanol–water partition coefficient (Wildman–Crippen LogP) is 2.89. The smallest absolute Gasteiger partial charge is 0.243 e. The van der Waals surface area contributed by atoms with E-state index in [0.29, 0.717) is 31.0 Å². The van der Waals surface area contributed by atoms with Gasteiger partial charge in [0.1, 0.15) is 0 Å².